The number of amides is 3. The molecule has 2 atom stereocenters. The van der Waals surface area contributed by atoms with E-state index in [4.69, 9.17) is 10.8 Å². The number of urea groups is 1. The number of carboxylic acids is 1. The minimum Gasteiger partial charge on any atom is -0.481 e. The summed E-state index contributed by atoms with van der Waals surface area (Å²) >= 11 is 0. The van der Waals surface area contributed by atoms with E-state index in [2.05, 4.69) is 5.32 Å². The molecule has 102 valence electrons. The Hall–Kier alpha value is -1.79. The Morgan fingerprint density at radius 2 is 2.17 bits per heavy atom. The molecule has 4 N–H and O–H groups in total. The van der Waals surface area contributed by atoms with Crippen LogP contribution in [-0.2, 0) is 9.59 Å². The topological polar surface area (TPSA) is 113 Å². The van der Waals surface area contributed by atoms with Crippen molar-refractivity contribution in [1.82, 2.24) is 10.2 Å². The Morgan fingerprint density at radius 1 is 1.50 bits per heavy atom. The summed E-state index contributed by atoms with van der Waals surface area (Å²) in [4.78, 5) is 35.1. The number of nitrogens with zero attached hydrogens (tertiary/aromatic N) is 1. The summed E-state index contributed by atoms with van der Waals surface area (Å²) in [6.07, 6.45) is 1.74. The zero-order valence-electron chi connectivity index (χ0n) is 10.4. The van der Waals surface area contributed by atoms with Crippen molar-refractivity contribution >= 4 is 17.9 Å². The minimum atomic E-state index is -0.939. The van der Waals surface area contributed by atoms with Crippen LogP contribution in [-0.4, -0.2) is 47.0 Å². The smallest absolute Gasteiger partial charge is 0.318 e. The first-order valence-electron chi connectivity index (χ1n) is 6.04. The van der Waals surface area contributed by atoms with Gasteiger partial charge in [0.2, 0.25) is 5.91 Å². The highest BCUT2D eigenvalue weighted by atomic mass is 16.4. The van der Waals surface area contributed by atoms with Crippen molar-refractivity contribution in [2.45, 2.75) is 32.2 Å². The second kappa shape index (κ2) is 6.23. The lowest BCUT2D eigenvalue weighted by atomic mass is 10.1. The number of aliphatic carboxylic acids is 1. The number of nitrogens with one attached hydrogen (secondary N) is 1. The number of carbonyl (C=O) groups excluding carboxylic acids is 2. The first-order chi connectivity index (χ1) is 8.47. The van der Waals surface area contributed by atoms with Crippen LogP contribution in [0.25, 0.3) is 0 Å². The third-order valence-corrected chi connectivity index (χ3v) is 3.18. The van der Waals surface area contributed by atoms with Gasteiger partial charge in [0.1, 0.15) is 6.04 Å². The lowest BCUT2D eigenvalue weighted by molar-refractivity contribution is -0.141. The van der Waals surface area contributed by atoms with Crippen LogP contribution in [0.5, 0.6) is 0 Å². The van der Waals surface area contributed by atoms with Gasteiger partial charge in [-0.25, -0.2) is 4.79 Å². The molecule has 0 aromatic rings. The molecular weight excluding hydrogens is 238 g/mol. The maximum Gasteiger partial charge on any atom is 0.318 e. The number of hydrogen-bond donors (Lipinski definition) is 3. The van der Waals surface area contributed by atoms with Gasteiger partial charge >= 0.3 is 12.0 Å². The van der Waals surface area contributed by atoms with Crippen LogP contribution >= 0.6 is 0 Å². The third-order valence-electron chi connectivity index (χ3n) is 3.18. The van der Waals surface area contributed by atoms with Gasteiger partial charge in [0.05, 0.1) is 5.92 Å². The van der Waals surface area contributed by atoms with Crippen molar-refractivity contribution in [3.05, 3.63) is 0 Å². The normalized spacial score (nSPS) is 20.5. The van der Waals surface area contributed by atoms with Crippen LogP contribution in [0.3, 0.4) is 0 Å². The van der Waals surface area contributed by atoms with E-state index in [1.807, 2.05) is 0 Å². The highest BCUT2D eigenvalue weighted by molar-refractivity contribution is 5.86. The predicted octanol–water partition coefficient (Wildman–Crippen LogP) is -0.243. The van der Waals surface area contributed by atoms with Crippen LogP contribution in [0.1, 0.15) is 26.2 Å². The second-order valence-corrected chi connectivity index (χ2v) is 4.38. The van der Waals surface area contributed by atoms with Crippen LogP contribution in [0, 0.1) is 5.92 Å². The number of carboxylic acid groups (broad SMARTS) is 1. The van der Waals surface area contributed by atoms with Crippen molar-refractivity contribution in [3.8, 4) is 0 Å². The quantitative estimate of drug-likeness (QED) is 0.630. The molecule has 2 unspecified atom stereocenters. The lowest BCUT2D eigenvalue weighted by Gasteiger charge is -2.23. The van der Waals surface area contributed by atoms with Gasteiger partial charge < -0.3 is 21.1 Å². The van der Waals surface area contributed by atoms with Gasteiger partial charge in [-0.2, -0.15) is 0 Å². The highest BCUT2D eigenvalue weighted by Crippen LogP contribution is 2.16. The molecular formula is C11H19N3O4. The zero-order chi connectivity index (χ0) is 13.7. The summed E-state index contributed by atoms with van der Waals surface area (Å²) in [7, 11) is 0. The number of primary amides is 1. The number of nitrogens with two attached hydrogens (primary N) is 1. The molecule has 3 amide bonds. The van der Waals surface area contributed by atoms with Gasteiger partial charge in [0, 0.05) is 13.1 Å². The largest absolute Gasteiger partial charge is 0.481 e. The molecule has 7 nitrogen and oxygen atoms in total. The zero-order valence-corrected chi connectivity index (χ0v) is 10.4. The molecule has 1 aliphatic heterocycles. The molecule has 0 radical (unpaired) electrons. The summed E-state index contributed by atoms with van der Waals surface area (Å²) < 4.78 is 0. The minimum absolute atomic E-state index is 0.0622. The maximum atomic E-state index is 11.8. The summed E-state index contributed by atoms with van der Waals surface area (Å²) in [5.74, 6) is -2.07. The van der Waals surface area contributed by atoms with Crippen molar-refractivity contribution in [3.63, 3.8) is 0 Å². The molecule has 0 aromatic carbocycles. The Kier molecular flexibility index (Phi) is 4.94. The first kappa shape index (κ1) is 14.3. The van der Waals surface area contributed by atoms with E-state index in [1.165, 1.54) is 4.90 Å². The Balaban J connectivity index is 2.50. The van der Waals surface area contributed by atoms with Gasteiger partial charge in [0.15, 0.2) is 0 Å². The fraction of sp³-hybridized carbons (Fsp3) is 0.727. The fourth-order valence-electron chi connectivity index (χ4n) is 2.02. The van der Waals surface area contributed by atoms with Crippen molar-refractivity contribution in [2.75, 3.05) is 13.1 Å². The monoisotopic (exact) mass is 257 g/mol. The average molecular weight is 257 g/mol. The summed E-state index contributed by atoms with van der Waals surface area (Å²) in [6, 6.07) is -0.995. The summed E-state index contributed by atoms with van der Waals surface area (Å²) in [6.45, 7) is 2.28. The first-order valence-corrected chi connectivity index (χ1v) is 6.04. The molecule has 0 aromatic heterocycles. The molecule has 0 spiro atoms. The lowest BCUT2D eigenvalue weighted by Crippen LogP contribution is -2.49. The van der Waals surface area contributed by atoms with Gasteiger partial charge in [-0.1, -0.05) is 6.92 Å². The van der Waals surface area contributed by atoms with Crippen LogP contribution in [0.15, 0.2) is 0 Å². The fourth-order valence-corrected chi connectivity index (χ4v) is 2.02. The van der Waals surface area contributed by atoms with Gasteiger partial charge in [-0.05, 0) is 19.3 Å². The number of likely N-dealkylation sites (tertiary alicyclic amines) is 1. The molecule has 0 aliphatic carbocycles. The van der Waals surface area contributed by atoms with E-state index < -0.39 is 29.9 Å². The van der Waals surface area contributed by atoms with E-state index >= 15 is 0 Å². The van der Waals surface area contributed by atoms with E-state index in [9.17, 15) is 14.4 Å². The van der Waals surface area contributed by atoms with E-state index in [0.717, 1.165) is 6.42 Å². The second-order valence-electron chi connectivity index (χ2n) is 4.38. The van der Waals surface area contributed by atoms with E-state index in [-0.39, 0.29) is 6.54 Å². The van der Waals surface area contributed by atoms with Crippen LogP contribution in [0.4, 0.5) is 4.79 Å². The number of carbonyl (C=O) groups is 3. The molecule has 7 heteroatoms. The summed E-state index contributed by atoms with van der Waals surface area (Å²) in [5, 5.41) is 11.4. The van der Waals surface area contributed by atoms with Gasteiger partial charge in [-0.3, -0.25) is 9.59 Å². The summed E-state index contributed by atoms with van der Waals surface area (Å²) in [5.41, 5.74) is 5.20. The predicted molar refractivity (Wildman–Crippen MR) is 63.7 cm³/mol. The standard InChI is InChI=1S/C11H19N3O4/c1-2-7(10(16)17)6-13-11(18)14-5-3-4-8(14)9(12)15/h7-8H,2-6H2,1H3,(H2,12,15)(H,13,18)(H,16,17). The maximum absolute atomic E-state index is 11.8. The van der Waals surface area contributed by atoms with Crippen molar-refractivity contribution in [1.29, 1.82) is 0 Å². The van der Waals surface area contributed by atoms with E-state index in [0.29, 0.717) is 19.4 Å². The SMILES string of the molecule is CCC(CNC(=O)N1CCCC1C(N)=O)C(=O)O. The van der Waals surface area contributed by atoms with Crippen molar-refractivity contribution < 1.29 is 19.5 Å². The molecule has 0 bridgehead atoms. The van der Waals surface area contributed by atoms with Crippen LogP contribution in [0.2, 0.25) is 0 Å². The molecule has 1 rings (SSSR count). The Labute approximate surface area is 105 Å². The highest BCUT2D eigenvalue weighted by Gasteiger charge is 2.32. The average Bonchev–Trinajstić information content (AvgIpc) is 2.78. The molecule has 1 aliphatic rings. The van der Waals surface area contributed by atoms with Gasteiger partial charge in [-0.15, -0.1) is 0 Å². The van der Waals surface area contributed by atoms with Crippen LogP contribution < -0.4 is 11.1 Å². The molecule has 1 fully saturated rings. The molecule has 1 saturated heterocycles. The Morgan fingerprint density at radius 3 is 2.67 bits per heavy atom. The molecule has 0 saturated carbocycles. The van der Waals surface area contributed by atoms with Crippen molar-refractivity contribution in [2.24, 2.45) is 11.7 Å². The third kappa shape index (κ3) is 3.35. The number of hydrogen-bond acceptors (Lipinski definition) is 3. The Bertz CT molecular complexity index is 345. The molecule has 1 heterocycles. The van der Waals surface area contributed by atoms with Gasteiger partial charge in [0.25, 0.3) is 0 Å². The van der Waals surface area contributed by atoms with E-state index in [1.54, 1.807) is 6.92 Å². The molecule has 18 heavy (non-hydrogen) atoms. The number of rotatable bonds is 5.